The van der Waals surface area contributed by atoms with Crippen molar-refractivity contribution in [1.29, 1.82) is 0 Å². The molecule has 0 saturated carbocycles. The van der Waals surface area contributed by atoms with Crippen LogP contribution in [-0.4, -0.2) is 26.9 Å². The molecule has 168 valence electrons. The third kappa shape index (κ3) is 4.29. The van der Waals surface area contributed by atoms with Gasteiger partial charge >= 0.3 is 0 Å². The van der Waals surface area contributed by atoms with Gasteiger partial charge in [0.15, 0.2) is 0 Å². The first-order valence-electron chi connectivity index (χ1n) is 11.1. The Bertz CT molecular complexity index is 1380. The smallest absolute Gasteiger partial charge is 0.266 e. The normalized spacial score (nSPS) is 12.0. The van der Waals surface area contributed by atoms with Gasteiger partial charge < -0.3 is 4.90 Å². The second-order valence-electron chi connectivity index (χ2n) is 8.12. The number of rotatable bonds is 6. The third-order valence-electron chi connectivity index (χ3n) is 5.73. The van der Waals surface area contributed by atoms with Crippen molar-refractivity contribution in [3.05, 3.63) is 106 Å². The molecule has 5 nitrogen and oxygen atoms in total. The highest BCUT2D eigenvalue weighted by Gasteiger charge is 2.28. The Morgan fingerprint density at radius 2 is 1.79 bits per heavy atom. The Kier molecular flexibility index (Phi) is 6.36. The number of benzene rings is 3. The maximum atomic E-state index is 14.4. The first kappa shape index (κ1) is 22.4. The number of nitrogens with zero attached hydrogens (tertiary/aromatic N) is 3. The summed E-state index contributed by atoms with van der Waals surface area (Å²) in [5, 5.41) is 0.498. The van der Waals surface area contributed by atoms with E-state index in [1.165, 1.54) is 12.1 Å². The molecule has 4 rings (SSSR count). The number of aromatic nitrogens is 2. The first-order valence-corrected chi connectivity index (χ1v) is 11.1. The molecule has 0 bridgehead atoms. The number of carbonyl (C=O) groups excluding carboxylic acids is 1. The zero-order valence-corrected chi connectivity index (χ0v) is 19.0. The van der Waals surface area contributed by atoms with Crippen molar-refractivity contribution < 1.29 is 9.18 Å². The molecule has 4 aromatic rings. The van der Waals surface area contributed by atoms with Crippen LogP contribution in [0.25, 0.3) is 16.6 Å². The maximum absolute atomic E-state index is 14.4. The van der Waals surface area contributed by atoms with E-state index in [0.717, 1.165) is 5.56 Å². The molecule has 0 spiro atoms. The largest absolute Gasteiger partial charge is 0.329 e. The summed E-state index contributed by atoms with van der Waals surface area (Å²) in [7, 11) is 0. The van der Waals surface area contributed by atoms with Gasteiger partial charge in [0.05, 0.1) is 28.2 Å². The molecule has 0 fully saturated rings. The van der Waals surface area contributed by atoms with Gasteiger partial charge in [-0.05, 0) is 62.2 Å². The van der Waals surface area contributed by atoms with Crippen molar-refractivity contribution in [3.63, 3.8) is 0 Å². The quantitative estimate of drug-likeness (QED) is 0.398. The monoisotopic (exact) mass is 443 g/mol. The lowest BCUT2D eigenvalue weighted by Gasteiger charge is -2.30. The average Bonchev–Trinajstić information content (AvgIpc) is 2.82. The molecule has 0 saturated heterocycles. The number of hydrogen-bond donors (Lipinski definition) is 0. The maximum Gasteiger partial charge on any atom is 0.266 e. The Hall–Kier alpha value is -3.80. The molecule has 1 amide bonds. The number of amides is 1. The Morgan fingerprint density at radius 1 is 1.06 bits per heavy atom. The van der Waals surface area contributed by atoms with E-state index >= 15 is 0 Å². The molecule has 0 aliphatic rings. The molecule has 1 unspecified atom stereocenters. The van der Waals surface area contributed by atoms with Crippen molar-refractivity contribution in [2.75, 3.05) is 6.54 Å². The van der Waals surface area contributed by atoms with Crippen LogP contribution in [0, 0.1) is 12.7 Å². The summed E-state index contributed by atoms with van der Waals surface area (Å²) in [5.41, 5.74) is 2.03. The zero-order chi connectivity index (χ0) is 23.5. The van der Waals surface area contributed by atoms with Crippen LogP contribution in [0.4, 0.5) is 4.39 Å². The summed E-state index contributed by atoms with van der Waals surface area (Å²) in [4.78, 5) is 33.4. The lowest BCUT2D eigenvalue weighted by Crippen LogP contribution is -2.38. The van der Waals surface area contributed by atoms with Crippen molar-refractivity contribution >= 4 is 16.8 Å². The van der Waals surface area contributed by atoms with Gasteiger partial charge in [-0.25, -0.2) is 9.37 Å². The lowest BCUT2D eigenvalue weighted by molar-refractivity contribution is 0.0676. The predicted molar refractivity (Wildman–Crippen MR) is 128 cm³/mol. The van der Waals surface area contributed by atoms with E-state index in [1.807, 2.05) is 51.1 Å². The Labute approximate surface area is 192 Å². The van der Waals surface area contributed by atoms with E-state index in [-0.39, 0.29) is 11.1 Å². The lowest BCUT2D eigenvalue weighted by atomic mass is 10.1. The number of carbonyl (C=O) groups is 1. The van der Waals surface area contributed by atoms with Crippen LogP contribution in [0.3, 0.4) is 0 Å². The number of hydrogen-bond acceptors (Lipinski definition) is 3. The van der Waals surface area contributed by atoms with E-state index in [1.54, 1.807) is 39.8 Å². The summed E-state index contributed by atoms with van der Waals surface area (Å²) in [5.74, 6) is -0.568. The molecule has 0 radical (unpaired) electrons. The van der Waals surface area contributed by atoms with Crippen molar-refractivity contribution in [3.8, 4) is 5.69 Å². The fraction of sp³-hybridized carbons (Fsp3) is 0.222. The molecular weight excluding hydrogens is 417 g/mol. The van der Waals surface area contributed by atoms with E-state index in [9.17, 15) is 14.0 Å². The number of fused-ring (bicyclic) bond motifs is 1. The fourth-order valence-electron chi connectivity index (χ4n) is 4.09. The first-order chi connectivity index (χ1) is 15.9. The van der Waals surface area contributed by atoms with E-state index in [2.05, 4.69) is 0 Å². The van der Waals surface area contributed by atoms with E-state index < -0.39 is 17.8 Å². The molecule has 0 aliphatic carbocycles. The summed E-state index contributed by atoms with van der Waals surface area (Å²) in [6, 6.07) is 20.2. The number of aryl methyl sites for hydroxylation is 1. The van der Waals surface area contributed by atoms with Crippen molar-refractivity contribution in [2.45, 2.75) is 33.2 Å². The van der Waals surface area contributed by atoms with Crippen LogP contribution in [0.5, 0.6) is 0 Å². The minimum atomic E-state index is -0.574. The molecule has 3 aromatic carbocycles. The van der Waals surface area contributed by atoms with Gasteiger partial charge in [0.1, 0.15) is 11.6 Å². The Balaban J connectivity index is 1.93. The minimum absolute atomic E-state index is 0.00282. The molecule has 1 heterocycles. The van der Waals surface area contributed by atoms with Crippen molar-refractivity contribution in [2.24, 2.45) is 0 Å². The summed E-state index contributed by atoms with van der Waals surface area (Å²) >= 11 is 0. The van der Waals surface area contributed by atoms with Gasteiger partial charge in [-0.15, -0.1) is 0 Å². The third-order valence-corrected chi connectivity index (χ3v) is 5.73. The van der Waals surface area contributed by atoms with Crippen LogP contribution in [0.1, 0.15) is 48.1 Å². The fourth-order valence-corrected chi connectivity index (χ4v) is 4.09. The zero-order valence-electron chi connectivity index (χ0n) is 19.0. The molecule has 6 heteroatoms. The summed E-state index contributed by atoms with van der Waals surface area (Å²) < 4.78 is 16.0. The molecule has 33 heavy (non-hydrogen) atoms. The summed E-state index contributed by atoms with van der Waals surface area (Å²) in [6.07, 6.45) is 0.673. The van der Waals surface area contributed by atoms with Crippen LogP contribution < -0.4 is 5.56 Å². The van der Waals surface area contributed by atoms with Gasteiger partial charge in [0, 0.05) is 6.54 Å². The second-order valence-corrected chi connectivity index (χ2v) is 8.12. The van der Waals surface area contributed by atoms with Gasteiger partial charge in [0.2, 0.25) is 0 Å². The average molecular weight is 444 g/mol. The molecule has 0 aliphatic heterocycles. The highest BCUT2D eigenvalue weighted by molar-refractivity contribution is 5.94. The molecule has 1 aromatic heterocycles. The second kappa shape index (κ2) is 9.36. The molecule has 0 N–H and O–H groups in total. The van der Waals surface area contributed by atoms with E-state index in [4.69, 9.17) is 4.98 Å². The minimum Gasteiger partial charge on any atom is -0.329 e. The van der Waals surface area contributed by atoms with Crippen LogP contribution in [0.2, 0.25) is 0 Å². The molecule has 1 atom stereocenters. The van der Waals surface area contributed by atoms with E-state index in [0.29, 0.717) is 35.4 Å². The summed E-state index contributed by atoms with van der Waals surface area (Å²) in [6.45, 7) is 6.13. The van der Waals surface area contributed by atoms with Crippen molar-refractivity contribution in [1.82, 2.24) is 14.5 Å². The topological polar surface area (TPSA) is 55.2 Å². The van der Waals surface area contributed by atoms with Crippen LogP contribution in [-0.2, 0) is 0 Å². The highest BCUT2D eigenvalue weighted by Crippen LogP contribution is 2.25. The van der Waals surface area contributed by atoms with Gasteiger partial charge in [-0.2, -0.15) is 0 Å². The van der Waals surface area contributed by atoms with Crippen LogP contribution >= 0.6 is 0 Å². The highest BCUT2D eigenvalue weighted by atomic mass is 19.1. The number of para-hydroxylation sites is 1. The predicted octanol–water partition coefficient (Wildman–Crippen LogP) is 5.45. The standard InChI is InChI=1S/C27H26FN3O2/c1-4-16-30(26(32)21-12-5-7-14-23(21)28)19(3)25-29-24-15-8-6-13-22(24)27(33)31(25)20-11-9-10-18(2)17-20/h5-15,17,19H,4,16H2,1-3H3. The van der Waals surface area contributed by atoms with Gasteiger partial charge in [-0.3, -0.25) is 14.2 Å². The molecular formula is C27H26FN3O2. The van der Waals surface area contributed by atoms with Crippen LogP contribution in [0.15, 0.2) is 77.6 Å². The van der Waals surface area contributed by atoms with Gasteiger partial charge in [-0.1, -0.05) is 43.3 Å². The number of halogens is 1. The Morgan fingerprint density at radius 3 is 2.52 bits per heavy atom. The SMILES string of the molecule is CCCN(C(=O)c1ccccc1F)C(C)c1nc2ccccc2c(=O)n1-c1cccc(C)c1. The van der Waals surface area contributed by atoms with Gasteiger partial charge in [0.25, 0.3) is 11.5 Å².